The first kappa shape index (κ1) is 23.7. The Balaban J connectivity index is 1.48. The van der Waals surface area contributed by atoms with E-state index < -0.39 is 53.4 Å². The third kappa shape index (κ3) is 4.39. The number of nitrogens with zero attached hydrogens (tertiary/aromatic N) is 3. The Bertz CT molecular complexity index is 1260. The molecule has 0 spiro atoms. The van der Waals surface area contributed by atoms with E-state index in [1.807, 2.05) is 0 Å². The predicted octanol–water partition coefficient (Wildman–Crippen LogP) is 1.65. The van der Waals surface area contributed by atoms with Crippen LogP contribution in [-0.2, 0) is 24.8 Å². The highest BCUT2D eigenvalue weighted by atomic mass is 32.2. The zero-order valence-electron chi connectivity index (χ0n) is 17.6. The maximum atomic E-state index is 14.2. The molecule has 2 aliphatic rings. The van der Waals surface area contributed by atoms with Crippen LogP contribution in [0.25, 0.3) is 0 Å². The third-order valence-electron chi connectivity index (χ3n) is 5.92. The quantitative estimate of drug-likeness (QED) is 0.624. The van der Waals surface area contributed by atoms with Crippen molar-refractivity contribution in [1.82, 2.24) is 13.5 Å². The maximum absolute atomic E-state index is 14.2. The van der Waals surface area contributed by atoms with Crippen LogP contribution in [0.2, 0.25) is 0 Å². The van der Waals surface area contributed by atoms with Gasteiger partial charge in [-0.1, -0.05) is 24.3 Å². The average Bonchev–Trinajstić information content (AvgIpc) is 3.30. The highest BCUT2D eigenvalue weighted by molar-refractivity contribution is 7.89. The van der Waals surface area contributed by atoms with E-state index in [1.165, 1.54) is 35.2 Å². The van der Waals surface area contributed by atoms with Crippen molar-refractivity contribution in [2.45, 2.75) is 28.7 Å². The van der Waals surface area contributed by atoms with Gasteiger partial charge in [-0.15, -0.1) is 0 Å². The molecule has 0 radical (unpaired) electrons. The third-order valence-corrected chi connectivity index (χ3v) is 9.79. The number of piperazine rings is 1. The zero-order valence-corrected chi connectivity index (χ0v) is 19.2. The van der Waals surface area contributed by atoms with Gasteiger partial charge in [0.2, 0.25) is 26.0 Å². The Labute approximate surface area is 191 Å². The number of carbonyl (C=O) groups is 1. The second-order valence-electron chi connectivity index (χ2n) is 7.86. The lowest BCUT2D eigenvalue weighted by Gasteiger charge is -2.36. The maximum Gasteiger partial charge on any atom is 0.246 e. The molecule has 0 bridgehead atoms. The molecule has 2 aromatic rings. The smallest absolute Gasteiger partial charge is 0.246 e. The Morgan fingerprint density at radius 1 is 0.758 bits per heavy atom. The lowest BCUT2D eigenvalue weighted by molar-refractivity contribution is -0.135. The molecular formula is C21H23F2N3O5S2. The number of benzene rings is 2. The molecule has 12 heteroatoms. The Morgan fingerprint density at radius 3 is 1.82 bits per heavy atom. The number of halogens is 2. The zero-order chi connectivity index (χ0) is 23.8. The second-order valence-corrected chi connectivity index (χ2v) is 11.6. The topological polar surface area (TPSA) is 95.1 Å². The van der Waals surface area contributed by atoms with Gasteiger partial charge in [0, 0.05) is 32.7 Å². The molecule has 1 atom stereocenters. The van der Waals surface area contributed by atoms with Crippen molar-refractivity contribution >= 4 is 26.0 Å². The molecule has 2 heterocycles. The molecule has 2 aliphatic heterocycles. The lowest BCUT2D eigenvalue weighted by Crippen LogP contribution is -2.55. The highest BCUT2D eigenvalue weighted by Gasteiger charge is 2.43. The van der Waals surface area contributed by atoms with E-state index in [1.54, 1.807) is 0 Å². The van der Waals surface area contributed by atoms with E-state index in [0.717, 1.165) is 26.8 Å². The molecule has 2 fully saturated rings. The molecule has 2 aromatic carbocycles. The van der Waals surface area contributed by atoms with Gasteiger partial charge in [-0.05, 0) is 37.1 Å². The van der Waals surface area contributed by atoms with Crippen LogP contribution in [0.1, 0.15) is 12.8 Å². The first-order valence-corrected chi connectivity index (χ1v) is 13.3. The molecule has 0 aromatic heterocycles. The summed E-state index contributed by atoms with van der Waals surface area (Å²) in [6.07, 6.45) is 0.742. The Hall–Kier alpha value is -2.41. The van der Waals surface area contributed by atoms with Crippen molar-refractivity contribution in [3.8, 4) is 0 Å². The SMILES string of the molecule is O=C(C1CCCN1S(=O)(=O)c1ccccc1F)N1CCN(S(=O)(=O)c2ccccc2F)CC1. The van der Waals surface area contributed by atoms with Crippen LogP contribution in [0.4, 0.5) is 8.78 Å². The average molecular weight is 500 g/mol. The van der Waals surface area contributed by atoms with Crippen molar-refractivity contribution < 1.29 is 30.4 Å². The summed E-state index contributed by atoms with van der Waals surface area (Å²) in [5.74, 6) is -2.19. The molecule has 1 unspecified atom stereocenters. The minimum absolute atomic E-state index is 0.0383. The number of sulfonamides is 2. The standard InChI is InChI=1S/C21H23F2N3O5S2/c22-16-6-1-3-9-19(16)32(28,29)25-14-12-24(13-15-25)21(27)18-8-5-11-26(18)33(30,31)20-10-4-2-7-17(20)23/h1-4,6-7,9-10,18H,5,8,11-15H2. The number of hydrogen-bond donors (Lipinski definition) is 0. The van der Waals surface area contributed by atoms with Crippen molar-refractivity contribution in [1.29, 1.82) is 0 Å². The van der Waals surface area contributed by atoms with Crippen LogP contribution in [0.15, 0.2) is 58.3 Å². The fourth-order valence-electron chi connectivity index (χ4n) is 4.21. The van der Waals surface area contributed by atoms with Crippen LogP contribution >= 0.6 is 0 Å². The monoisotopic (exact) mass is 499 g/mol. The van der Waals surface area contributed by atoms with E-state index in [-0.39, 0.29) is 32.7 Å². The molecule has 33 heavy (non-hydrogen) atoms. The highest BCUT2D eigenvalue weighted by Crippen LogP contribution is 2.29. The summed E-state index contributed by atoms with van der Waals surface area (Å²) in [7, 11) is -8.28. The molecule has 0 saturated carbocycles. The number of amides is 1. The molecule has 4 rings (SSSR count). The molecule has 8 nitrogen and oxygen atoms in total. The summed E-state index contributed by atoms with van der Waals surface area (Å²) >= 11 is 0. The first-order valence-electron chi connectivity index (χ1n) is 10.4. The number of carbonyl (C=O) groups excluding carboxylic acids is 1. The summed E-state index contributed by atoms with van der Waals surface area (Å²) in [6, 6.07) is 9.11. The van der Waals surface area contributed by atoms with Crippen molar-refractivity contribution in [2.75, 3.05) is 32.7 Å². The Morgan fingerprint density at radius 2 is 1.27 bits per heavy atom. The van der Waals surface area contributed by atoms with Crippen LogP contribution < -0.4 is 0 Å². The molecule has 2 saturated heterocycles. The Kier molecular flexibility index (Phi) is 6.54. The summed E-state index contributed by atoms with van der Waals surface area (Å²) in [5.41, 5.74) is 0. The van der Waals surface area contributed by atoms with Gasteiger partial charge in [0.1, 0.15) is 27.5 Å². The molecule has 178 valence electrons. The van der Waals surface area contributed by atoms with Crippen LogP contribution in [0.5, 0.6) is 0 Å². The summed E-state index contributed by atoms with van der Waals surface area (Å²) in [6.45, 7) is 0.0757. The van der Waals surface area contributed by atoms with Crippen LogP contribution in [-0.4, -0.2) is 75.0 Å². The van der Waals surface area contributed by atoms with Crippen LogP contribution in [0.3, 0.4) is 0 Å². The fourth-order valence-corrected chi connectivity index (χ4v) is 7.41. The molecule has 0 N–H and O–H groups in total. The van der Waals surface area contributed by atoms with Gasteiger partial charge in [-0.3, -0.25) is 4.79 Å². The van der Waals surface area contributed by atoms with Gasteiger partial charge in [0.15, 0.2) is 0 Å². The van der Waals surface area contributed by atoms with Crippen molar-refractivity contribution in [2.24, 2.45) is 0 Å². The summed E-state index contributed by atoms with van der Waals surface area (Å²) in [5, 5.41) is 0. The molecule has 1 amide bonds. The predicted molar refractivity (Wildman–Crippen MR) is 115 cm³/mol. The van der Waals surface area contributed by atoms with E-state index in [9.17, 15) is 30.4 Å². The van der Waals surface area contributed by atoms with Gasteiger partial charge in [0.25, 0.3) is 0 Å². The van der Waals surface area contributed by atoms with Gasteiger partial charge >= 0.3 is 0 Å². The van der Waals surface area contributed by atoms with Gasteiger partial charge in [-0.25, -0.2) is 25.6 Å². The van der Waals surface area contributed by atoms with E-state index in [0.29, 0.717) is 12.8 Å². The number of rotatable bonds is 5. The van der Waals surface area contributed by atoms with Crippen molar-refractivity contribution in [3.63, 3.8) is 0 Å². The van der Waals surface area contributed by atoms with E-state index in [2.05, 4.69) is 0 Å². The minimum Gasteiger partial charge on any atom is -0.339 e. The first-order chi connectivity index (χ1) is 15.6. The van der Waals surface area contributed by atoms with E-state index in [4.69, 9.17) is 0 Å². The normalized spacial score (nSPS) is 20.8. The largest absolute Gasteiger partial charge is 0.339 e. The van der Waals surface area contributed by atoms with Gasteiger partial charge in [0.05, 0.1) is 0 Å². The van der Waals surface area contributed by atoms with E-state index >= 15 is 0 Å². The number of hydrogen-bond acceptors (Lipinski definition) is 5. The fraction of sp³-hybridized carbons (Fsp3) is 0.381. The summed E-state index contributed by atoms with van der Waals surface area (Å²) < 4.78 is 81.9. The summed E-state index contributed by atoms with van der Waals surface area (Å²) in [4.78, 5) is 13.7. The molecule has 0 aliphatic carbocycles. The van der Waals surface area contributed by atoms with Gasteiger partial charge < -0.3 is 4.90 Å². The molecular weight excluding hydrogens is 476 g/mol. The van der Waals surface area contributed by atoms with Crippen molar-refractivity contribution in [3.05, 3.63) is 60.2 Å². The van der Waals surface area contributed by atoms with Crippen LogP contribution in [0, 0.1) is 11.6 Å². The minimum atomic E-state index is -4.21. The second kappa shape index (κ2) is 9.09. The van der Waals surface area contributed by atoms with Gasteiger partial charge in [-0.2, -0.15) is 8.61 Å². The lowest BCUT2D eigenvalue weighted by atomic mass is 10.2.